The number of benzene rings is 3. The first kappa shape index (κ1) is 20.8. The second-order valence-electron chi connectivity index (χ2n) is 7.25. The number of hydrogen-bond acceptors (Lipinski definition) is 4. The molecule has 1 aromatic heterocycles. The molecule has 0 aliphatic heterocycles. The van der Waals surface area contributed by atoms with E-state index in [-0.39, 0.29) is 17.2 Å². The maximum absolute atomic E-state index is 13.4. The lowest BCUT2D eigenvalue weighted by Gasteiger charge is -2.14. The normalized spacial score (nSPS) is 10.9. The molecule has 0 radical (unpaired) electrons. The maximum Gasteiger partial charge on any atom is 0.266 e. The Kier molecular flexibility index (Phi) is 5.86. The average molecular weight is 434 g/mol. The highest BCUT2D eigenvalue weighted by atomic mass is 32.2. The molecule has 0 saturated carbocycles. The summed E-state index contributed by atoms with van der Waals surface area (Å²) in [6, 6.07) is 18.7. The zero-order valence-corrected chi connectivity index (χ0v) is 17.9. The van der Waals surface area contributed by atoms with E-state index < -0.39 is 5.82 Å². The first-order valence-electron chi connectivity index (χ1n) is 9.69. The average Bonchev–Trinajstić information content (AvgIpc) is 2.71. The predicted molar refractivity (Wildman–Crippen MR) is 123 cm³/mol. The van der Waals surface area contributed by atoms with Gasteiger partial charge < -0.3 is 5.32 Å². The maximum atomic E-state index is 13.4. The van der Waals surface area contributed by atoms with Crippen LogP contribution in [-0.2, 0) is 4.79 Å². The number of carbonyl (C=O) groups excluding carboxylic acids is 1. The van der Waals surface area contributed by atoms with Gasteiger partial charge in [-0.15, -0.1) is 0 Å². The number of halogens is 1. The molecule has 0 spiro atoms. The SMILES string of the molecule is Cc1cc(C)cc(-n2c(SCC(=O)Nc3cccc(F)c3)nc3ccccc3c2=O)c1. The summed E-state index contributed by atoms with van der Waals surface area (Å²) in [5.41, 5.74) is 3.51. The number of nitrogens with zero attached hydrogens (tertiary/aromatic N) is 2. The third-order valence-electron chi connectivity index (χ3n) is 4.65. The number of aryl methyl sites for hydroxylation is 2. The molecule has 156 valence electrons. The minimum atomic E-state index is -0.426. The Balaban J connectivity index is 1.70. The minimum Gasteiger partial charge on any atom is -0.325 e. The van der Waals surface area contributed by atoms with Crippen LogP contribution >= 0.6 is 11.8 Å². The van der Waals surface area contributed by atoms with Crippen molar-refractivity contribution in [2.75, 3.05) is 11.1 Å². The Morgan fingerprint density at radius 1 is 1.03 bits per heavy atom. The lowest BCUT2D eigenvalue weighted by molar-refractivity contribution is -0.113. The number of anilines is 1. The first-order chi connectivity index (χ1) is 14.9. The van der Waals surface area contributed by atoms with E-state index in [0.717, 1.165) is 22.9 Å². The van der Waals surface area contributed by atoms with Crippen molar-refractivity contribution in [3.63, 3.8) is 0 Å². The van der Waals surface area contributed by atoms with Gasteiger partial charge in [-0.1, -0.05) is 36.0 Å². The molecule has 5 nitrogen and oxygen atoms in total. The smallest absolute Gasteiger partial charge is 0.266 e. The fourth-order valence-corrected chi connectivity index (χ4v) is 4.22. The molecule has 1 heterocycles. The van der Waals surface area contributed by atoms with Crippen LogP contribution in [0, 0.1) is 19.7 Å². The molecule has 3 aromatic carbocycles. The van der Waals surface area contributed by atoms with Gasteiger partial charge in [-0.25, -0.2) is 9.37 Å². The standard InChI is InChI=1S/C24H20FN3O2S/c1-15-10-16(2)12-19(11-15)28-23(30)20-8-3-4-9-21(20)27-24(28)31-14-22(29)26-18-7-5-6-17(25)13-18/h3-13H,14H2,1-2H3,(H,26,29). The highest BCUT2D eigenvalue weighted by Crippen LogP contribution is 2.23. The summed E-state index contributed by atoms with van der Waals surface area (Å²) >= 11 is 1.16. The number of nitrogens with one attached hydrogen (secondary N) is 1. The van der Waals surface area contributed by atoms with Crippen LogP contribution in [0.25, 0.3) is 16.6 Å². The van der Waals surface area contributed by atoms with Crippen molar-refractivity contribution >= 4 is 34.3 Å². The lowest BCUT2D eigenvalue weighted by atomic mass is 10.1. The third kappa shape index (κ3) is 4.67. The molecule has 0 aliphatic rings. The summed E-state index contributed by atoms with van der Waals surface area (Å²) in [6.07, 6.45) is 0. The Morgan fingerprint density at radius 3 is 2.52 bits per heavy atom. The summed E-state index contributed by atoms with van der Waals surface area (Å²) in [5.74, 6) is -0.721. The fraction of sp³-hybridized carbons (Fsp3) is 0.125. The van der Waals surface area contributed by atoms with Crippen molar-refractivity contribution < 1.29 is 9.18 Å². The first-order valence-corrected chi connectivity index (χ1v) is 10.7. The van der Waals surface area contributed by atoms with E-state index in [2.05, 4.69) is 10.3 Å². The van der Waals surface area contributed by atoms with Crippen LogP contribution in [0.2, 0.25) is 0 Å². The molecule has 4 aromatic rings. The van der Waals surface area contributed by atoms with E-state index >= 15 is 0 Å². The number of para-hydroxylation sites is 1. The van der Waals surface area contributed by atoms with Gasteiger partial charge in [0.2, 0.25) is 5.91 Å². The van der Waals surface area contributed by atoms with E-state index in [4.69, 9.17) is 0 Å². The lowest BCUT2D eigenvalue weighted by Crippen LogP contribution is -2.23. The molecular formula is C24H20FN3O2S. The molecule has 0 aliphatic carbocycles. The molecule has 0 bridgehead atoms. The molecule has 7 heteroatoms. The highest BCUT2D eigenvalue weighted by molar-refractivity contribution is 7.99. The number of aromatic nitrogens is 2. The quantitative estimate of drug-likeness (QED) is 0.360. The van der Waals surface area contributed by atoms with Gasteiger partial charge >= 0.3 is 0 Å². The second-order valence-corrected chi connectivity index (χ2v) is 8.19. The number of amides is 1. The molecule has 0 fully saturated rings. The predicted octanol–water partition coefficient (Wildman–Crippen LogP) is 4.87. The van der Waals surface area contributed by atoms with Crippen molar-refractivity contribution in [2.24, 2.45) is 0 Å². The van der Waals surface area contributed by atoms with Crippen molar-refractivity contribution in [3.05, 3.63) is 94.0 Å². The van der Waals surface area contributed by atoms with E-state index in [9.17, 15) is 14.0 Å². The van der Waals surface area contributed by atoms with Gasteiger partial charge in [0.05, 0.1) is 22.3 Å². The molecule has 4 rings (SSSR count). The van der Waals surface area contributed by atoms with Crippen molar-refractivity contribution in [3.8, 4) is 5.69 Å². The Hall–Kier alpha value is -3.45. The van der Waals surface area contributed by atoms with Crippen LogP contribution < -0.4 is 10.9 Å². The van der Waals surface area contributed by atoms with Crippen molar-refractivity contribution in [2.45, 2.75) is 19.0 Å². The number of carbonyl (C=O) groups is 1. The molecule has 0 unspecified atom stereocenters. The molecule has 1 N–H and O–H groups in total. The molecule has 1 amide bonds. The van der Waals surface area contributed by atoms with E-state index in [1.807, 2.05) is 38.1 Å². The zero-order valence-electron chi connectivity index (χ0n) is 17.1. The number of fused-ring (bicyclic) bond motifs is 1. The monoisotopic (exact) mass is 433 g/mol. The molecule has 0 atom stereocenters. The molecule has 31 heavy (non-hydrogen) atoms. The Morgan fingerprint density at radius 2 is 1.77 bits per heavy atom. The van der Waals surface area contributed by atoms with Crippen LogP contribution in [0.1, 0.15) is 11.1 Å². The van der Waals surface area contributed by atoms with E-state index in [0.29, 0.717) is 27.4 Å². The van der Waals surface area contributed by atoms with Gasteiger partial charge in [-0.3, -0.25) is 14.2 Å². The van der Waals surface area contributed by atoms with Gasteiger partial charge in [-0.05, 0) is 67.4 Å². The van der Waals surface area contributed by atoms with Crippen LogP contribution in [0.15, 0.2) is 76.7 Å². The van der Waals surface area contributed by atoms with Gasteiger partial charge in [-0.2, -0.15) is 0 Å². The second kappa shape index (κ2) is 8.73. The summed E-state index contributed by atoms with van der Waals surface area (Å²) in [6.45, 7) is 3.94. The highest BCUT2D eigenvalue weighted by Gasteiger charge is 2.15. The van der Waals surface area contributed by atoms with Crippen molar-refractivity contribution in [1.82, 2.24) is 9.55 Å². The van der Waals surface area contributed by atoms with E-state index in [1.165, 1.54) is 18.2 Å². The van der Waals surface area contributed by atoms with Gasteiger partial charge in [0.25, 0.3) is 5.56 Å². The summed E-state index contributed by atoms with van der Waals surface area (Å²) < 4.78 is 14.9. The van der Waals surface area contributed by atoms with Crippen LogP contribution in [0.5, 0.6) is 0 Å². The van der Waals surface area contributed by atoms with Crippen LogP contribution in [-0.4, -0.2) is 21.2 Å². The van der Waals surface area contributed by atoms with Crippen molar-refractivity contribution in [1.29, 1.82) is 0 Å². The van der Waals surface area contributed by atoms with Gasteiger partial charge in [0, 0.05) is 5.69 Å². The number of rotatable bonds is 5. The third-order valence-corrected chi connectivity index (χ3v) is 5.59. The Labute approximate surface area is 182 Å². The Bertz CT molecular complexity index is 1330. The topological polar surface area (TPSA) is 64.0 Å². The van der Waals surface area contributed by atoms with Gasteiger partial charge in [0.1, 0.15) is 5.82 Å². The number of hydrogen-bond donors (Lipinski definition) is 1. The molecular weight excluding hydrogens is 413 g/mol. The number of thioether (sulfide) groups is 1. The minimum absolute atomic E-state index is 0.0199. The van der Waals surface area contributed by atoms with Crippen LogP contribution in [0.4, 0.5) is 10.1 Å². The molecule has 0 saturated heterocycles. The summed E-state index contributed by atoms with van der Waals surface area (Å²) in [5, 5.41) is 3.60. The van der Waals surface area contributed by atoms with E-state index in [1.54, 1.807) is 28.8 Å². The summed E-state index contributed by atoms with van der Waals surface area (Å²) in [7, 11) is 0. The van der Waals surface area contributed by atoms with Gasteiger partial charge in [0.15, 0.2) is 5.16 Å². The fourth-order valence-electron chi connectivity index (χ4n) is 3.41. The summed E-state index contributed by atoms with van der Waals surface area (Å²) in [4.78, 5) is 30.4. The zero-order chi connectivity index (χ0) is 22.0. The largest absolute Gasteiger partial charge is 0.325 e. The van der Waals surface area contributed by atoms with Crippen LogP contribution in [0.3, 0.4) is 0 Å².